The molecule has 1 fully saturated rings. The fourth-order valence-corrected chi connectivity index (χ4v) is 2.26. The lowest BCUT2D eigenvalue weighted by molar-refractivity contribution is -0.140. The molecule has 1 aliphatic heterocycles. The van der Waals surface area contributed by atoms with Crippen molar-refractivity contribution in [2.75, 3.05) is 19.7 Å². The zero-order valence-corrected chi connectivity index (χ0v) is 9.79. The highest BCUT2D eigenvalue weighted by molar-refractivity contribution is 4.94. The van der Waals surface area contributed by atoms with Gasteiger partial charge in [0.05, 0.1) is 12.2 Å². The Morgan fingerprint density at radius 1 is 1.19 bits per heavy atom. The van der Waals surface area contributed by atoms with Gasteiger partial charge in [-0.15, -0.1) is 0 Å². The molecule has 96 valence electrons. The third-order valence-electron chi connectivity index (χ3n) is 3.25. The van der Waals surface area contributed by atoms with Gasteiger partial charge in [-0.25, -0.2) is 0 Å². The second-order valence-corrected chi connectivity index (χ2v) is 4.48. The van der Waals surface area contributed by atoms with Gasteiger partial charge in [0.1, 0.15) is 6.10 Å². The van der Waals surface area contributed by atoms with E-state index in [1.807, 2.05) is 4.90 Å². The molecule has 0 bridgehead atoms. The summed E-state index contributed by atoms with van der Waals surface area (Å²) in [4.78, 5) is 1.96. The Labute approximate surface area is 96.3 Å². The van der Waals surface area contributed by atoms with E-state index in [9.17, 15) is 15.3 Å². The average molecular weight is 233 g/mol. The zero-order valence-electron chi connectivity index (χ0n) is 9.79. The van der Waals surface area contributed by atoms with E-state index >= 15 is 0 Å². The van der Waals surface area contributed by atoms with Gasteiger partial charge in [0.15, 0.2) is 0 Å². The van der Waals surface area contributed by atoms with Crippen LogP contribution < -0.4 is 0 Å². The molecule has 4 N–H and O–H groups in total. The molecule has 4 atom stereocenters. The van der Waals surface area contributed by atoms with Crippen LogP contribution in [-0.2, 0) is 0 Å². The molecule has 1 heterocycles. The van der Waals surface area contributed by atoms with Gasteiger partial charge >= 0.3 is 0 Å². The minimum Gasteiger partial charge on any atom is -0.396 e. The molecule has 0 aromatic carbocycles. The van der Waals surface area contributed by atoms with Crippen molar-refractivity contribution in [3.05, 3.63) is 0 Å². The Balaban J connectivity index is 2.63. The number of hydrogen-bond acceptors (Lipinski definition) is 5. The molecule has 0 unspecified atom stereocenters. The van der Waals surface area contributed by atoms with Crippen LogP contribution in [-0.4, -0.2) is 69.4 Å². The maximum atomic E-state index is 9.85. The highest BCUT2D eigenvalue weighted by atomic mass is 16.4. The van der Waals surface area contributed by atoms with Crippen LogP contribution in [0.15, 0.2) is 0 Å². The van der Waals surface area contributed by atoms with Gasteiger partial charge in [-0.1, -0.05) is 13.3 Å². The molecule has 0 amide bonds. The zero-order chi connectivity index (χ0) is 12.1. The van der Waals surface area contributed by atoms with Crippen LogP contribution >= 0.6 is 0 Å². The molecule has 0 aromatic heterocycles. The van der Waals surface area contributed by atoms with E-state index in [4.69, 9.17) is 5.11 Å². The molecule has 5 heteroatoms. The molecule has 5 nitrogen and oxygen atoms in total. The minimum absolute atomic E-state index is 0.0207. The third-order valence-corrected chi connectivity index (χ3v) is 3.25. The van der Waals surface area contributed by atoms with Crippen LogP contribution in [0.25, 0.3) is 0 Å². The van der Waals surface area contributed by atoms with Gasteiger partial charge in [0.25, 0.3) is 0 Å². The van der Waals surface area contributed by atoms with Crippen LogP contribution in [0.4, 0.5) is 0 Å². The molecule has 0 aromatic rings. The van der Waals surface area contributed by atoms with Crippen molar-refractivity contribution in [3.8, 4) is 0 Å². The van der Waals surface area contributed by atoms with E-state index in [2.05, 4.69) is 6.92 Å². The monoisotopic (exact) mass is 233 g/mol. The summed E-state index contributed by atoms with van der Waals surface area (Å²) >= 11 is 0. The van der Waals surface area contributed by atoms with Gasteiger partial charge < -0.3 is 20.4 Å². The van der Waals surface area contributed by atoms with Crippen molar-refractivity contribution in [2.24, 2.45) is 0 Å². The summed E-state index contributed by atoms with van der Waals surface area (Å²) in [6, 6.07) is -0.255. The Morgan fingerprint density at radius 3 is 2.44 bits per heavy atom. The number of β-amino-alcohol motifs (C(OH)–C–C–N with tert-alkyl or cyclic N) is 1. The summed E-state index contributed by atoms with van der Waals surface area (Å²) in [6.45, 7) is 3.20. The Morgan fingerprint density at radius 2 is 1.88 bits per heavy atom. The first-order valence-corrected chi connectivity index (χ1v) is 6.01. The maximum absolute atomic E-state index is 9.85. The summed E-state index contributed by atoms with van der Waals surface area (Å²) in [6.07, 6.45) is -0.535. The van der Waals surface area contributed by atoms with E-state index in [-0.39, 0.29) is 12.6 Å². The summed E-state index contributed by atoms with van der Waals surface area (Å²) in [5.41, 5.74) is 0. The topological polar surface area (TPSA) is 84.2 Å². The number of nitrogens with zero attached hydrogens (tertiary/aromatic N) is 1. The molecular formula is C11H23NO4. The number of unbranched alkanes of at least 4 members (excludes halogenated alkanes) is 1. The van der Waals surface area contributed by atoms with Gasteiger partial charge in [-0.05, 0) is 19.4 Å². The normalized spacial score (nSPS) is 36.6. The molecule has 0 aliphatic carbocycles. The number of likely N-dealkylation sites (tertiary alicyclic amines) is 1. The Bertz CT molecular complexity index is 202. The van der Waals surface area contributed by atoms with Gasteiger partial charge in [0.2, 0.25) is 0 Å². The second kappa shape index (κ2) is 6.51. The van der Waals surface area contributed by atoms with Crippen LogP contribution in [0.3, 0.4) is 0 Å². The van der Waals surface area contributed by atoms with Crippen molar-refractivity contribution in [1.82, 2.24) is 4.90 Å². The summed E-state index contributed by atoms with van der Waals surface area (Å²) in [7, 11) is 0. The van der Waals surface area contributed by atoms with Gasteiger partial charge in [-0.3, -0.25) is 4.90 Å². The Kier molecular flexibility index (Phi) is 5.64. The minimum atomic E-state index is -1.10. The van der Waals surface area contributed by atoms with Gasteiger partial charge in [-0.2, -0.15) is 0 Å². The summed E-state index contributed by atoms with van der Waals surface area (Å²) in [5, 5.41) is 38.0. The molecular weight excluding hydrogens is 210 g/mol. The van der Waals surface area contributed by atoms with Crippen LogP contribution in [0.2, 0.25) is 0 Å². The summed E-state index contributed by atoms with van der Waals surface area (Å²) < 4.78 is 0. The molecule has 1 saturated heterocycles. The quantitative estimate of drug-likeness (QED) is 0.486. The highest BCUT2D eigenvalue weighted by Gasteiger charge is 2.40. The first-order chi connectivity index (χ1) is 7.61. The average Bonchev–Trinajstić information content (AvgIpc) is 2.28. The van der Waals surface area contributed by atoms with E-state index in [1.54, 1.807) is 0 Å². The first kappa shape index (κ1) is 13.9. The number of aliphatic hydroxyl groups is 4. The second-order valence-electron chi connectivity index (χ2n) is 4.48. The fourth-order valence-electron chi connectivity index (χ4n) is 2.26. The SMILES string of the molecule is CCCCN1C[C@H](O)[C@@H](O)[C@H](O)[C@H]1CCO. The number of rotatable bonds is 5. The van der Waals surface area contributed by atoms with Gasteiger partial charge in [0, 0.05) is 19.2 Å². The third kappa shape index (κ3) is 3.15. The molecule has 0 saturated carbocycles. The largest absolute Gasteiger partial charge is 0.396 e. The molecule has 0 radical (unpaired) electrons. The summed E-state index contributed by atoms with van der Waals surface area (Å²) in [5.74, 6) is 0. The fraction of sp³-hybridized carbons (Fsp3) is 1.00. The lowest BCUT2D eigenvalue weighted by Crippen LogP contribution is -2.61. The number of hydrogen-bond donors (Lipinski definition) is 4. The van der Waals surface area contributed by atoms with Crippen LogP contribution in [0, 0.1) is 0 Å². The van der Waals surface area contributed by atoms with E-state index in [0.717, 1.165) is 19.4 Å². The van der Waals surface area contributed by atoms with E-state index in [0.29, 0.717) is 13.0 Å². The molecule has 16 heavy (non-hydrogen) atoms. The first-order valence-electron chi connectivity index (χ1n) is 6.01. The molecule has 1 aliphatic rings. The van der Waals surface area contributed by atoms with E-state index in [1.165, 1.54) is 0 Å². The van der Waals surface area contributed by atoms with Crippen LogP contribution in [0.5, 0.6) is 0 Å². The predicted octanol–water partition coefficient (Wildman–Crippen LogP) is -1.06. The highest BCUT2D eigenvalue weighted by Crippen LogP contribution is 2.21. The van der Waals surface area contributed by atoms with Crippen molar-refractivity contribution in [3.63, 3.8) is 0 Å². The molecule has 1 rings (SSSR count). The standard InChI is InChI=1S/C11H23NO4/c1-2-3-5-12-7-9(14)11(16)10(15)8(12)4-6-13/h8-11,13-16H,2-7H2,1H3/t8-,9+,10-,11-/m1/s1. The van der Waals surface area contributed by atoms with Crippen molar-refractivity contribution >= 4 is 0 Å². The maximum Gasteiger partial charge on any atom is 0.108 e. The molecule has 0 spiro atoms. The lowest BCUT2D eigenvalue weighted by atomic mass is 9.91. The van der Waals surface area contributed by atoms with Crippen molar-refractivity contribution in [2.45, 2.75) is 50.5 Å². The number of aliphatic hydroxyl groups excluding tert-OH is 4. The smallest absolute Gasteiger partial charge is 0.108 e. The van der Waals surface area contributed by atoms with Crippen molar-refractivity contribution in [1.29, 1.82) is 0 Å². The predicted molar refractivity (Wildman–Crippen MR) is 60.0 cm³/mol. The lowest BCUT2D eigenvalue weighted by Gasteiger charge is -2.43. The number of piperidine rings is 1. The van der Waals surface area contributed by atoms with E-state index < -0.39 is 18.3 Å². The Hall–Kier alpha value is -0.200. The van der Waals surface area contributed by atoms with Crippen molar-refractivity contribution < 1.29 is 20.4 Å². The van der Waals surface area contributed by atoms with Crippen LogP contribution in [0.1, 0.15) is 26.2 Å².